The number of ether oxygens (including phenoxy) is 2. The fourth-order valence-electron chi connectivity index (χ4n) is 11.5. The lowest BCUT2D eigenvalue weighted by atomic mass is 9.89. The van der Waals surface area contributed by atoms with Crippen molar-refractivity contribution in [2.75, 3.05) is 23.8 Å². The van der Waals surface area contributed by atoms with Crippen LogP contribution < -0.4 is 10.6 Å². The molecule has 5 aromatic rings. The maximum absolute atomic E-state index is 14.4. The van der Waals surface area contributed by atoms with Gasteiger partial charge in [0.15, 0.2) is 23.5 Å². The number of para-hydroxylation sites is 1. The zero-order chi connectivity index (χ0) is 62.6. The SMILES string of the molecule is CCCCCCCC/C=C\CCCCCCCC(=O)O[C@@H](COP(=O)(O)O)[C@H](Cn1nnc2c1-c1ccccc1NC(C(=O)CCCCCNc1ccc([N+](=O)[O-])c3nonc13)c1ccccc1-2)OC(=O)CCCCCCCCCCCCCCCCC. The summed E-state index contributed by atoms with van der Waals surface area (Å²) in [6, 6.07) is 17.0. The van der Waals surface area contributed by atoms with Crippen LogP contribution in [0.3, 0.4) is 0 Å². The summed E-state index contributed by atoms with van der Waals surface area (Å²) >= 11 is 0. The fraction of sp³-hybridized carbons (Fsp3) is 0.627. The molecule has 0 spiro atoms. The first-order valence-corrected chi connectivity index (χ1v) is 34.7. The Labute approximate surface area is 520 Å². The Morgan fingerprint density at radius 2 is 1.17 bits per heavy atom. The minimum Gasteiger partial charge on any atom is -0.456 e. The van der Waals surface area contributed by atoms with Crippen LogP contribution in [0.5, 0.6) is 0 Å². The van der Waals surface area contributed by atoms with E-state index in [0.29, 0.717) is 78.1 Å². The summed E-state index contributed by atoms with van der Waals surface area (Å²) in [4.78, 5) is 73.0. The number of hydrogen-bond donors (Lipinski definition) is 4. The van der Waals surface area contributed by atoms with Crippen molar-refractivity contribution in [2.24, 2.45) is 0 Å². The first-order valence-electron chi connectivity index (χ1n) is 33.2. The number of unbranched alkanes of at least 4 members (excludes halogenated alkanes) is 27. The summed E-state index contributed by atoms with van der Waals surface area (Å²) in [5.74, 6) is -1.22. The van der Waals surface area contributed by atoms with Crippen molar-refractivity contribution in [3.8, 4) is 22.5 Å². The van der Waals surface area contributed by atoms with E-state index in [2.05, 4.69) is 52.2 Å². The highest BCUT2D eigenvalue weighted by Gasteiger charge is 2.36. The number of nitrogens with zero attached hydrogens (tertiary/aromatic N) is 6. The molecule has 1 aliphatic rings. The van der Waals surface area contributed by atoms with Gasteiger partial charge in [-0.2, -0.15) is 0 Å². The van der Waals surface area contributed by atoms with Crippen LogP contribution in [0.15, 0.2) is 77.4 Å². The molecule has 1 unspecified atom stereocenters. The largest absolute Gasteiger partial charge is 0.469 e. The highest BCUT2D eigenvalue weighted by molar-refractivity contribution is 7.46. The molecular formula is C67H99N8O12P. The molecular weight excluding hydrogens is 1140 g/mol. The van der Waals surface area contributed by atoms with Crippen molar-refractivity contribution >= 4 is 53.6 Å². The van der Waals surface area contributed by atoms with Gasteiger partial charge in [0, 0.05) is 48.7 Å². The number of hydrogen-bond acceptors (Lipinski definition) is 16. The number of nitrogens with one attached hydrogen (secondary N) is 2. The normalized spacial score (nSPS) is 13.7. The molecule has 0 saturated heterocycles. The number of phosphoric acid groups is 1. The highest BCUT2D eigenvalue weighted by Crippen LogP contribution is 2.43. The van der Waals surface area contributed by atoms with Crippen LogP contribution in [0.4, 0.5) is 17.1 Å². The van der Waals surface area contributed by atoms with Crippen LogP contribution in [0.25, 0.3) is 33.5 Å². The third-order valence-electron chi connectivity index (χ3n) is 16.4. The van der Waals surface area contributed by atoms with Gasteiger partial charge < -0.3 is 29.9 Å². The number of benzene rings is 3. The van der Waals surface area contributed by atoms with E-state index in [0.717, 1.165) is 64.2 Å². The molecule has 3 atom stereocenters. The fourth-order valence-corrected chi connectivity index (χ4v) is 11.8. The Morgan fingerprint density at radius 1 is 0.659 bits per heavy atom. The molecule has 3 heterocycles. The minimum atomic E-state index is -5.10. The number of nitro benzene ring substituents is 1. The topological polar surface area (TPSA) is 273 Å². The number of rotatable bonds is 48. The van der Waals surface area contributed by atoms with E-state index < -0.39 is 49.5 Å². The van der Waals surface area contributed by atoms with Crippen LogP contribution in [-0.2, 0) is 39.5 Å². The van der Waals surface area contributed by atoms with Crippen molar-refractivity contribution in [1.29, 1.82) is 0 Å². The predicted octanol–water partition coefficient (Wildman–Crippen LogP) is 17.0. The number of Topliss-reactive ketones (excluding diaryl/α,β-unsaturated/α-hetero) is 1. The number of nitro groups is 1. The predicted molar refractivity (Wildman–Crippen MR) is 344 cm³/mol. The van der Waals surface area contributed by atoms with Gasteiger partial charge in [0.2, 0.25) is 5.52 Å². The van der Waals surface area contributed by atoms with Crippen molar-refractivity contribution in [3.05, 3.63) is 88.5 Å². The van der Waals surface area contributed by atoms with Gasteiger partial charge in [0.1, 0.15) is 11.7 Å². The second-order valence-corrected chi connectivity index (χ2v) is 24.8. The third-order valence-corrected chi connectivity index (χ3v) is 16.9. The number of fused-ring (bicyclic) bond motifs is 6. The lowest BCUT2D eigenvalue weighted by Gasteiger charge is -2.29. The molecule has 0 radical (unpaired) electrons. The molecule has 0 bridgehead atoms. The van der Waals surface area contributed by atoms with Gasteiger partial charge in [-0.25, -0.2) is 13.9 Å². The third kappa shape index (κ3) is 24.9. The Morgan fingerprint density at radius 3 is 1.76 bits per heavy atom. The first kappa shape index (κ1) is 70.7. The van der Waals surface area contributed by atoms with E-state index in [1.807, 2.05) is 48.5 Å². The van der Waals surface area contributed by atoms with Crippen LogP contribution in [0.2, 0.25) is 0 Å². The van der Waals surface area contributed by atoms with Crippen molar-refractivity contribution in [3.63, 3.8) is 0 Å². The monoisotopic (exact) mass is 1240 g/mol. The number of carbonyl (C=O) groups is 3. The highest BCUT2D eigenvalue weighted by atomic mass is 31.2. The zero-order valence-electron chi connectivity index (χ0n) is 52.4. The Balaban J connectivity index is 1.11. The second-order valence-electron chi connectivity index (χ2n) is 23.6. The lowest BCUT2D eigenvalue weighted by Crippen LogP contribution is -2.41. The summed E-state index contributed by atoms with van der Waals surface area (Å²) in [6.45, 7) is 4.00. The summed E-state index contributed by atoms with van der Waals surface area (Å²) < 4.78 is 35.9. The molecule has 6 rings (SSSR count). The molecule has 0 aliphatic carbocycles. The van der Waals surface area contributed by atoms with Crippen LogP contribution in [-0.4, -0.2) is 83.1 Å². The van der Waals surface area contributed by atoms with E-state index in [9.17, 15) is 38.8 Å². The number of anilines is 2. The summed E-state index contributed by atoms with van der Waals surface area (Å²) in [5, 5.41) is 35.2. The van der Waals surface area contributed by atoms with Gasteiger partial charge in [0.05, 0.1) is 29.5 Å². The number of non-ortho nitro benzene ring substituents is 1. The van der Waals surface area contributed by atoms with Gasteiger partial charge in [-0.15, -0.1) is 5.10 Å². The van der Waals surface area contributed by atoms with Gasteiger partial charge in [-0.3, -0.25) is 29.0 Å². The first-order chi connectivity index (χ1) is 42.9. The quantitative estimate of drug-likeness (QED) is 0.00703. The van der Waals surface area contributed by atoms with Gasteiger partial charge in [0.25, 0.3) is 0 Å². The average molecular weight is 1240 g/mol. The molecule has 0 saturated carbocycles. The standard InChI is InChI=1S/C67H99N8O12P/c1-3-5-7-9-11-13-15-17-19-21-23-25-27-29-33-45-61(77)85-59(60(51-84-88(81,82)83)86-62(78)46-34-30-28-26-24-22-20-18-16-14-12-10-8-6-4-2)50-74-67-54-42-37-38-43-55(54)69-63(52-40-35-36-41-53(52)64(67)70-73-74)58(76)44-32-31-39-49-68-56-47-48-57(75(79)80)66-65(56)71-87-72-66/h18,20,35-38,40-43,47-48,59-60,63,68-69H,3-17,19,21-34,39,44-46,49-51H2,1-2H3,(H2,81,82,83)/b20-18-/t59-,60-,63?/m0/s1. The number of esters is 2. The minimum absolute atomic E-state index is 0.0469. The van der Waals surface area contributed by atoms with Gasteiger partial charge in [-0.05, 0) is 79.4 Å². The molecule has 21 heteroatoms. The molecule has 88 heavy (non-hydrogen) atoms. The van der Waals surface area contributed by atoms with Gasteiger partial charge >= 0.3 is 25.4 Å². The Bertz CT molecular complexity index is 2940. The molecule has 2 aromatic heterocycles. The van der Waals surface area contributed by atoms with Crippen LogP contribution >= 0.6 is 7.82 Å². The lowest BCUT2D eigenvalue weighted by molar-refractivity contribution is -0.383. The van der Waals surface area contributed by atoms with E-state index in [-0.39, 0.29) is 48.3 Å². The molecule has 0 fully saturated rings. The van der Waals surface area contributed by atoms with Crippen molar-refractivity contribution < 1.29 is 52.3 Å². The van der Waals surface area contributed by atoms with Crippen LogP contribution in [0, 0.1) is 10.1 Å². The van der Waals surface area contributed by atoms with E-state index in [1.54, 1.807) is 10.7 Å². The van der Waals surface area contributed by atoms with Crippen molar-refractivity contribution in [2.45, 2.75) is 257 Å². The molecule has 484 valence electrons. The van der Waals surface area contributed by atoms with E-state index in [4.69, 9.17) is 23.7 Å². The molecule has 0 amide bonds. The number of phosphoric ester groups is 1. The maximum atomic E-state index is 14.4. The number of carbonyl (C=O) groups excluding carboxylic acids is 3. The average Bonchev–Trinajstić information content (AvgIpc) is 1.84. The van der Waals surface area contributed by atoms with E-state index in [1.165, 1.54) is 109 Å². The van der Waals surface area contributed by atoms with Crippen molar-refractivity contribution in [1.82, 2.24) is 25.3 Å². The van der Waals surface area contributed by atoms with Crippen LogP contribution in [0.1, 0.15) is 244 Å². The smallest absolute Gasteiger partial charge is 0.456 e. The summed E-state index contributed by atoms with van der Waals surface area (Å²) in [7, 11) is -5.10. The Kier molecular flexibility index (Phi) is 32.4. The van der Waals surface area contributed by atoms with Gasteiger partial charge in [-0.1, -0.05) is 221 Å². The van der Waals surface area contributed by atoms with E-state index >= 15 is 0 Å². The number of allylic oxidation sites excluding steroid dienone is 2. The number of ketones is 1. The molecule has 3 aromatic carbocycles. The molecule has 1 aliphatic heterocycles. The maximum Gasteiger partial charge on any atom is 0.469 e. The zero-order valence-corrected chi connectivity index (χ0v) is 53.3. The second kappa shape index (κ2) is 40.3. The molecule has 20 nitrogen and oxygen atoms in total. The summed E-state index contributed by atoms with van der Waals surface area (Å²) in [6.07, 6.45) is 36.0. The Hall–Kier alpha value is -6.34. The molecule has 4 N–H and O–H groups in total. The summed E-state index contributed by atoms with van der Waals surface area (Å²) in [5.41, 5.74) is 4.20. The number of aromatic nitrogens is 5.